The molecule has 0 atom stereocenters. The predicted molar refractivity (Wildman–Crippen MR) is 98.9 cm³/mol. The van der Waals surface area contributed by atoms with E-state index in [0.717, 1.165) is 60.8 Å². The standard InChI is InChI=1S/C19H17F3N4OS/c20-19(21,22)13-5-3-4-12(8-13)18-25-15(11-28-18)17(27)23-9-14-10-26-7-2-1-6-16(26)24-14/h3-5,8,10-11H,1-2,6-7,9H2,(H,23,27). The predicted octanol–water partition coefficient (Wildman–Crippen LogP) is 4.29. The molecule has 3 heterocycles. The first-order chi connectivity index (χ1) is 13.4. The fourth-order valence-electron chi connectivity index (χ4n) is 3.16. The summed E-state index contributed by atoms with van der Waals surface area (Å²) >= 11 is 1.14. The summed E-state index contributed by atoms with van der Waals surface area (Å²) in [6, 6.07) is 4.93. The van der Waals surface area contributed by atoms with Crippen LogP contribution in [0.15, 0.2) is 35.8 Å². The number of imidazole rings is 1. The number of rotatable bonds is 4. The highest BCUT2D eigenvalue weighted by molar-refractivity contribution is 7.13. The van der Waals surface area contributed by atoms with Gasteiger partial charge in [0, 0.05) is 30.1 Å². The van der Waals surface area contributed by atoms with Gasteiger partial charge in [0.1, 0.15) is 16.5 Å². The first-order valence-electron chi connectivity index (χ1n) is 8.86. The van der Waals surface area contributed by atoms with Gasteiger partial charge in [0.25, 0.3) is 5.91 Å². The molecule has 1 amide bonds. The average Bonchev–Trinajstić information content (AvgIpc) is 3.32. The number of benzene rings is 1. The molecule has 3 aromatic rings. The van der Waals surface area contributed by atoms with Crippen LogP contribution in [0, 0.1) is 0 Å². The summed E-state index contributed by atoms with van der Waals surface area (Å²) in [5.74, 6) is 0.663. The third-order valence-corrected chi connectivity index (χ3v) is 5.45. The Labute approximate surface area is 163 Å². The lowest BCUT2D eigenvalue weighted by Gasteiger charge is -2.11. The molecule has 1 aliphatic rings. The van der Waals surface area contributed by atoms with Crippen molar-refractivity contribution in [2.75, 3.05) is 0 Å². The smallest absolute Gasteiger partial charge is 0.345 e. The summed E-state index contributed by atoms with van der Waals surface area (Å²) in [4.78, 5) is 21.1. The molecule has 0 radical (unpaired) electrons. The van der Waals surface area contributed by atoms with E-state index in [1.807, 2.05) is 6.20 Å². The number of carbonyl (C=O) groups excluding carboxylic acids is 1. The maximum Gasteiger partial charge on any atom is 0.416 e. The molecule has 0 spiro atoms. The lowest BCUT2D eigenvalue weighted by atomic mass is 10.1. The molecule has 0 fully saturated rings. The Kier molecular flexibility index (Phi) is 4.92. The Morgan fingerprint density at radius 1 is 1.25 bits per heavy atom. The molecule has 0 aliphatic carbocycles. The van der Waals surface area contributed by atoms with E-state index < -0.39 is 11.7 Å². The SMILES string of the molecule is O=C(NCc1cn2c(n1)CCCC2)c1csc(-c2cccc(C(F)(F)F)c2)n1. The van der Waals surface area contributed by atoms with Crippen molar-refractivity contribution in [2.24, 2.45) is 0 Å². The first-order valence-corrected chi connectivity index (χ1v) is 9.74. The molecule has 0 unspecified atom stereocenters. The quantitative estimate of drug-likeness (QED) is 0.703. The van der Waals surface area contributed by atoms with Crippen LogP contribution in [0.4, 0.5) is 13.2 Å². The van der Waals surface area contributed by atoms with Gasteiger partial charge >= 0.3 is 6.18 Å². The van der Waals surface area contributed by atoms with E-state index in [1.54, 1.807) is 11.4 Å². The van der Waals surface area contributed by atoms with E-state index in [-0.39, 0.29) is 18.1 Å². The van der Waals surface area contributed by atoms with Crippen LogP contribution in [-0.4, -0.2) is 20.4 Å². The van der Waals surface area contributed by atoms with E-state index in [1.165, 1.54) is 6.07 Å². The van der Waals surface area contributed by atoms with Crippen molar-refractivity contribution in [1.29, 1.82) is 0 Å². The zero-order chi connectivity index (χ0) is 19.7. The number of nitrogens with one attached hydrogen (secondary N) is 1. The molecule has 146 valence electrons. The van der Waals surface area contributed by atoms with E-state index in [4.69, 9.17) is 0 Å². The number of nitrogens with zero attached hydrogens (tertiary/aromatic N) is 3. The van der Waals surface area contributed by atoms with Crippen molar-refractivity contribution in [2.45, 2.75) is 38.5 Å². The minimum Gasteiger partial charge on any atom is -0.345 e. The highest BCUT2D eigenvalue weighted by atomic mass is 32.1. The van der Waals surface area contributed by atoms with Crippen molar-refractivity contribution in [3.8, 4) is 10.6 Å². The highest BCUT2D eigenvalue weighted by Gasteiger charge is 2.30. The summed E-state index contributed by atoms with van der Waals surface area (Å²) in [5.41, 5.74) is 0.565. The molecule has 1 aliphatic heterocycles. The Hall–Kier alpha value is -2.68. The van der Waals surface area contributed by atoms with Crippen molar-refractivity contribution in [1.82, 2.24) is 19.9 Å². The fourth-order valence-corrected chi connectivity index (χ4v) is 3.95. The van der Waals surface area contributed by atoms with Crippen LogP contribution < -0.4 is 5.32 Å². The van der Waals surface area contributed by atoms with Gasteiger partial charge in [-0.1, -0.05) is 12.1 Å². The summed E-state index contributed by atoms with van der Waals surface area (Å²) in [6.45, 7) is 1.23. The monoisotopic (exact) mass is 406 g/mol. The van der Waals surface area contributed by atoms with Crippen molar-refractivity contribution < 1.29 is 18.0 Å². The number of aryl methyl sites for hydroxylation is 2. The Bertz CT molecular complexity index is 985. The van der Waals surface area contributed by atoms with Gasteiger partial charge in [0.15, 0.2) is 0 Å². The third kappa shape index (κ3) is 3.94. The second-order valence-corrected chi connectivity index (χ2v) is 7.46. The van der Waals surface area contributed by atoms with E-state index in [9.17, 15) is 18.0 Å². The number of alkyl halides is 3. The number of hydrogen-bond donors (Lipinski definition) is 1. The molecular weight excluding hydrogens is 389 g/mol. The van der Waals surface area contributed by atoms with Crippen molar-refractivity contribution in [3.63, 3.8) is 0 Å². The number of aromatic nitrogens is 3. The summed E-state index contributed by atoms with van der Waals surface area (Å²) in [6.07, 6.45) is 0.730. The van der Waals surface area contributed by atoms with Crippen LogP contribution in [0.2, 0.25) is 0 Å². The molecule has 28 heavy (non-hydrogen) atoms. The van der Waals surface area contributed by atoms with Gasteiger partial charge < -0.3 is 9.88 Å². The van der Waals surface area contributed by atoms with E-state index in [2.05, 4.69) is 19.9 Å². The number of amides is 1. The van der Waals surface area contributed by atoms with Gasteiger partial charge in [-0.3, -0.25) is 4.79 Å². The summed E-state index contributed by atoms with van der Waals surface area (Å²) in [5, 5.41) is 4.69. The van der Waals surface area contributed by atoms with Gasteiger partial charge in [-0.05, 0) is 25.0 Å². The van der Waals surface area contributed by atoms with Gasteiger partial charge in [0.2, 0.25) is 0 Å². The Morgan fingerprint density at radius 3 is 2.89 bits per heavy atom. The topological polar surface area (TPSA) is 59.8 Å². The number of thiazole rings is 1. The average molecular weight is 406 g/mol. The van der Waals surface area contributed by atoms with E-state index in [0.29, 0.717) is 10.6 Å². The first kappa shape index (κ1) is 18.7. The van der Waals surface area contributed by atoms with Crippen molar-refractivity contribution >= 4 is 17.2 Å². The minimum atomic E-state index is -4.42. The molecule has 9 heteroatoms. The lowest BCUT2D eigenvalue weighted by Crippen LogP contribution is -2.23. The molecule has 1 N–H and O–H groups in total. The minimum absolute atomic E-state index is 0.182. The second-order valence-electron chi connectivity index (χ2n) is 6.60. The van der Waals surface area contributed by atoms with Gasteiger partial charge in [0.05, 0.1) is 17.8 Å². The highest BCUT2D eigenvalue weighted by Crippen LogP contribution is 2.33. The van der Waals surface area contributed by atoms with Crippen LogP contribution in [0.5, 0.6) is 0 Å². The van der Waals surface area contributed by atoms with Gasteiger partial charge in [-0.2, -0.15) is 13.2 Å². The summed E-state index contributed by atoms with van der Waals surface area (Å²) < 4.78 is 40.7. The van der Waals surface area contributed by atoms with Crippen LogP contribution in [-0.2, 0) is 25.7 Å². The second kappa shape index (κ2) is 7.38. The van der Waals surface area contributed by atoms with Crippen LogP contribution in [0.1, 0.15) is 40.4 Å². The van der Waals surface area contributed by atoms with E-state index >= 15 is 0 Å². The van der Waals surface area contributed by atoms with Gasteiger partial charge in [-0.25, -0.2) is 9.97 Å². The normalized spacial score (nSPS) is 14.0. The van der Waals surface area contributed by atoms with Crippen LogP contribution in [0.25, 0.3) is 10.6 Å². The molecule has 0 bridgehead atoms. The molecule has 4 rings (SSSR count). The number of fused-ring (bicyclic) bond motifs is 1. The molecule has 1 aromatic carbocycles. The number of carbonyl (C=O) groups is 1. The maximum atomic E-state index is 12.9. The maximum absolute atomic E-state index is 12.9. The molecular formula is C19H17F3N4OS. The van der Waals surface area contributed by atoms with Gasteiger partial charge in [-0.15, -0.1) is 11.3 Å². The van der Waals surface area contributed by atoms with Crippen molar-refractivity contribution in [3.05, 3.63) is 58.6 Å². The largest absolute Gasteiger partial charge is 0.416 e. The molecule has 0 saturated heterocycles. The zero-order valence-electron chi connectivity index (χ0n) is 14.8. The number of hydrogen-bond acceptors (Lipinski definition) is 4. The van der Waals surface area contributed by atoms with Crippen LogP contribution in [0.3, 0.4) is 0 Å². The summed E-state index contributed by atoms with van der Waals surface area (Å²) in [7, 11) is 0. The van der Waals surface area contributed by atoms with Crippen LogP contribution >= 0.6 is 11.3 Å². The zero-order valence-corrected chi connectivity index (χ0v) is 15.6. The third-order valence-electron chi connectivity index (χ3n) is 4.56. The lowest BCUT2D eigenvalue weighted by molar-refractivity contribution is -0.137. The molecule has 5 nitrogen and oxygen atoms in total. The Morgan fingerprint density at radius 2 is 2.11 bits per heavy atom. The molecule has 2 aromatic heterocycles. The number of halogens is 3. The fraction of sp³-hybridized carbons (Fsp3) is 0.316. The Balaban J connectivity index is 1.44. The molecule has 0 saturated carbocycles.